The van der Waals surface area contributed by atoms with Crippen molar-refractivity contribution in [3.8, 4) is 0 Å². The highest BCUT2D eigenvalue weighted by molar-refractivity contribution is 5.88. The van der Waals surface area contributed by atoms with E-state index in [9.17, 15) is 14.4 Å². The molecule has 0 bridgehead atoms. The molecule has 0 unspecified atom stereocenters. The Hall–Kier alpha value is -2.51. The molecule has 0 aliphatic rings. The number of carbonyl (C=O) groups is 3. The molecule has 0 aliphatic carbocycles. The van der Waals surface area contributed by atoms with Gasteiger partial charge in [-0.25, -0.2) is 9.59 Å². The first-order valence-corrected chi connectivity index (χ1v) is 5.49. The molecule has 1 heterocycles. The Balaban J connectivity index is 2.44. The average molecular weight is 269 g/mol. The van der Waals surface area contributed by atoms with Crippen molar-refractivity contribution in [2.24, 2.45) is 0 Å². The predicted molar refractivity (Wildman–Crippen MR) is 64.7 cm³/mol. The van der Waals surface area contributed by atoms with Gasteiger partial charge in [-0.15, -0.1) is 0 Å². The van der Waals surface area contributed by atoms with Crippen molar-refractivity contribution in [3.63, 3.8) is 0 Å². The molecule has 0 fully saturated rings. The lowest BCUT2D eigenvalue weighted by atomic mass is 10.2. The monoisotopic (exact) mass is 269 g/mol. The Morgan fingerprint density at radius 1 is 1.32 bits per heavy atom. The van der Waals surface area contributed by atoms with Crippen LogP contribution in [0.2, 0.25) is 0 Å². The number of carbonyl (C=O) groups excluding carboxylic acids is 2. The summed E-state index contributed by atoms with van der Waals surface area (Å²) in [6.07, 6.45) is 0. The van der Waals surface area contributed by atoms with Gasteiger partial charge >= 0.3 is 12.0 Å². The zero-order chi connectivity index (χ0) is 14.4. The third kappa shape index (κ3) is 4.34. The Morgan fingerprint density at radius 3 is 2.53 bits per heavy atom. The molecule has 1 aromatic rings. The van der Waals surface area contributed by atoms with Gasteiger partial charge in [-0.1, -0.05) is 0 Å². The summed E-state index contributed by atoms with van der Waals surface area (Å²) in [6.45, 7) is 1.42. The van der Waals surface area contributed by atoms with Crippen molar-refractivity contribution >= 4 is 17.9 Å². The predicted octanol–water partition coefficient (Wildman–Crippen LogP) is -0.169. The molecule has 0 aromatic carbocycles. The summed E-state index contributed by atoms with van der Waals surface area (Å²) in [6, 6.07) is 0.797. The van der Waals surface area contributed by atoms with Gasteiger partial charge in [0.15, 0.2) is 0 Å². The molecule has 8 heteroatoms. The minimum atomic E-state index is -1.09. The van der Waals surface area contributed by atoms with E-state index in [2.05, 4.69) is 16.0 Å². The van der Waals surface area contributed by atoms with Crippen LogP contribution in [0.4, 0.5) is 4.79 Å². The van der Waals surface area contributed by atoms with Crippen LogP contribution in [-0.2, 0) is 11.3 Å². The second kappa shape index (κ2) is 6.43. The summed E-state index contributed by atoms with van der Waals surface area (Å²) >= 11 is 0. The standard InChI is InChI=1S/C11H15N3O5/c1-6-8(10(16)17)3-7(19-6)4-13-11(18)14-5-9(15)12-2/h3H,4-5H2,1-2H3,(H,12,15)(H,16,17)(H2,13,14,18). The number of urea groups is 1. The van der Waals surface area contributed by atoms with E-state index in [1.165, 1.54) is 20.0 Å². The molecule has 0 saturated heterocycles. The average Bonchev–Trinajstić information content (AvgIpc) is 2.74. The third-order valence-electron chi connectivity index (χ3n) is 2.31. The van der Waals surface area contributed by atoms with Gasteiger partial charge in [0, 0.05) is 7.05 Å². The van der Waals surface area contributed by atoms with E-state index in [0.717, 1.165) is 0 Å². The number of aryl methyl sites for hydroxylation is 1. The first-order chi connectivity index (χ1) is 8.93. The number of carboxylic acid groups (broad SMARTS) is 1. The van der Waals surface area contributed by atoms with Crippen molar-refractivity contribution < 1.29 is 23.9 Å². The highest BCUT2D eigenvalue weighted by atomic mass is 16.4. The number of nitrogens with one attached hydrogen (secondary N) is 3. The van der Waals surface area contributed by atoms with E-state index in [0.29, 0.717) is 5.76 Å². The number of furan rings is 1. The van der Waals surface area contributed by atoms with E-state index in [4.69, 9.17) is 9.52 Å². The van der Waals surface area contributed by atoms with Crippen LogP contribution in [-0.4, -0.2) is 36.6 Å². The fraction of sp³-hybridized carbons (Fsp3) is 0.364. The zero-order valence-electron chi connectivity index (χ0n) is 10.6. The molecule has 0 radical (unpaired) electrons. The van der Waals surface area contributed by atoms with Crippen molar-refractivity contribution in [3.05, 3.63) is 23.2 Å². The number of aromatic carboxylic acids is 1. The maximum absolute atomic E-state index is 11.3. The number of rotatable bonds is 5. The van der Waals surface area contributed by atoms with Crippen molar-refractivity contribution in [2.45, 2.75) is 13.5 Å². The molecule has 3 amide bonds. The Morgan fingerprint density at radius 2 is 2.00 bits per heavy atom. The smallest absolute Gasteiger partial charge is 0.339 e. The highest BCUT2D eigenvalue weighted by Gasteiger charge is 2.14. The van der Waals surface area contributed by atoms with Gasteiger partial charge in [-0.05, 0) is 13.0 Å². The van der Waals surface area contributed by atoms with Crippen LogP contribution in [0, 0.1) is 6.92 Å². The lowest BCUT2D eigenvalue weighted by Gasteiger charge is -2.05. The summed E-state index contributed by atoms with van der Waals surface area (Å²) in [5.74, 6) is -0.811. The van der Waals surface area contributed by atoms with Gasteiger partial charge in [0.05, 0.1) is 13.1 Å². The van der Waals surface area contributed by atoms with E-state index in [1.807, 2.05) is 0 Å². The Bertz CT molecular complexity index is 495. The van der Waals surface area contributed by atoms with E-state index in [-0.39, 0.29) is 30.3 Å². The molecule has 0 aliphatic heterocycles. The molecule has 8 nitrogen and oxygen atoms in total. The number of carboxylic acids is 1. The molecular weight excluding hydrogens is 254 g/mol. The van der Waals surface area contributed by atoms with E-state index in [1.54, 1.807) is 0 Å². The van der Waals surface area contributed by atoms with Crippen LogP contribution in [0.15, 0.2) is 10.5 Å². The van der Waals surface area contributed by atoms with Gasteiger partial charge in [-0.2, -0.15) is 0 Å². The van der Waals surface area contributed by atoms with Gasteiger partial charge in [0.25, 0.3) is 0 Å². The minimum Gasteiger partial charge on any atom is -0.478 e. The molecule has 0 saturated carbocycles. The van der Waals surface area contributed by atoms with E-state index < -0.39 is 12.0 Å². The van der Waals surface area contributed by atoms with Crippen LogP contribution in [0.3, 0.4) is 0 Å². The van der Waals surface area contributed by atoms with Gasteiger partial charge < -0.3 is 25.5 Å². The summed E-state index contributed by atoms with van der Waals surface area (Å²) < 4.78 is 5.17. The van der Waals surface area contributed by atoms with Crippen molar-refractivity contribution in [1.29, 1.82) is 0 Å². The second-order valence-corrected chi connectivity index (χ2v) is 3.70. The van der Waals surface area contributed by atoms with Crippen molar-refractivity contribution in [1.82, 2.24) is 16.0 Å². The Kier molecular flexibility index (Phi) is 4.92. The second-order valence-electron chi connectivity index (χ2n) is 3.70. The van der Waals surface area contributed by atoms with Crippen LogP contribution in [0.1, 0.15) is 21.9 Å². The van der Waals surface area contributed by atoms with Crippen LogP contribution in [0.5, 0.6) is 0 Å². The molecule has 0 atom stereocenters. The lowest BCUT2D eigenvalue weighted by molar-refractivity contribution is -0.119. The number of hydrogen-bond acceptors (Lipinski definition) is 4. The summed E-state index contributed by atoms with van der Waals surface area (Å²) in [5.41, 5.74) is 0.0579. The summed E-state index contributed by atoms with van der Waals surface area (Å²) in [7, 11) is 1.46. The summed E-state index contributed by atoms with van der Waals surface area (Å²) in [5, 5.41) is 15.9. The van der Waals surface area contributed by atoms with Crippen molar-refractivity contribution in [2.75, 3.05) is 13.6 Å². The molecule has 104 valence electrons. The lowest BCUT2D eigenvalue weighted by Crippen LogP contribution is -2.40. The molecule has 4 N–H and O–H groups in total. The summed E-state index contributed by atoms with van der Waals surface area (Å²) in [4.78, 5) is 33.0. The molecule has 1 aromatic heterocycles. The largest absolute Gasteiger partial charge is 0.478 e. The van der Waals surface area contributed by atoms with Gasteiger partial charge in [-0.3, -0.25) is 4.79 Å². The normalized spacial score (nSPS) is 9.79. The van der Waals surface area contributed by atoms with E-state index >= 15 is 0 Å². The first kappa shape index (κ1) is 14.6. The maximum Gasteiger partial charge on any atom is 0.339 e. The fourth-order valence-electron chi connectivity index (χ4n) is 1.32. The minimum absolute atomic E-state index is 0.0354. The molecule has 1 rings (SSSR count). The molecule has 0 spiro atoms. The van der Waals surface area contributed by atoms with Crippen LogP contribution >= 0.6 is 0 Å². The topological polar surface area (TPSA) is 121 Å². The number of hydrogen-bond donors (Lipinski definition) is 4. The maximum atomic E-state index is 11.3. The SMILES string of the molecule is CNC(=O)CNC(=O)NCc1cc(C(=O)O)c(C)o1. The zero-order valence-corrected chi connectivity index (χ0v) is 10.6. The highest BCUT2D eigenvalue weighted by Crippen LogP contribution is 2.14. The molecule has 19 heavy (non-hydrogen) atoms. The number of amides is 3. The quantitative estimate of drug-likeness (QED) is 0.591. The van der Waals surface area contributed by atoms with Gasteiger partial charge in [0.2, 0.25) is 5.91 Å². The van der Waals surface area contributed by atoms with Gasteiger partial charge in [0.1, 0.15) is 17.1 Å². The van der Waals surface area contributed by atoms with Crippen LogP contribution in [0.25, 0.3) is 0 Å². The first-order valence-electron chi connectivity index (χ1n) is 5.49. The Labute approximate surface area is 109 Å². The fourth-order valence-corrected chi connectivity index (χ4v) is 1.32. The third-order valence-corrected chi connectivity index (χ3v) is 2.31. The number of likely N-dealkylation sites (N-methyl/N-ethyl adjacent to an activating group) is 1. The molecular formula is C11H15N3O5. The van der Waals surface area contributed by atoms with Crippen LogP contribution < -0.4 is 16.0 Å².